The second kappa shape index (κ2) is 6.43. The van der Waals surface area contributed by atoms with Crippen molar-refractivity contribution in [2.24, 2.45) is 5.92 Å². The summed E-state index contributed by atoms with van der Waals surface area (Å²) in [6, 6.07) is 9.72. The van der Waals surface area contributed by atoms with Gasteiger partial charge in [-0.2, -0.15) is 5.10 Å². The number of nitrogens with zero attached hydrogens (tertiary/aromatic N) is 5. The van der Waals surface area contributed by atoms with Crippen LogP contribution in [0, 0.1) is 5.92 Å². The minimum absolute atomic E-state index is 0.111. The number of piperidine rings is 1. The normalized spacial score (nSPS) is 18.2. The molecule has 1 amide bonds. The van der Waals surface area contributed by atoms with Gasteiger partial charge in [-0.3, -0.25) is 9.89 Å². The van der Waals surface area contributed by atoms with Gasteiger partial charge in [-0.1, -0.05) is 17.3 Å². The molecular formula is C17H20N6O. The van der Waals surface area contributed by atoms with Gasteiger partial charge in [-0.15, -0.1) is 5.10 Å². The van der Waals surface area contributed by atoms with Gasteiger partial charge in [0.1, 0.15) is 12.1 Å². The lowest BCUT2D eigenvalue weighted by Crippen LogP contribution is -2.42. The molecule has 1 aromatic carbocycles. The number of rotatable bonds is 4. The van der Waals surface area contributed by atoms with Crippen LogP contribution in [0.1, 0.15) is 18.5 Å². The Balaban J connectivity index is 1.42. The Bertz CT molecular complexity index is 825. The molecule has 2 aromatic heterocycles. The molecule has 4 rings (SSSR count). The van der Waals surface area contributed by atoms with E-state index in [2.05, 4.69) is 20.5 Å². The Morgan fingerprint density at radius 3 is 3.08 bits per heavy atom. The third-order valence-electron chi connectivity index (χ3n) is 4.64. The van der Waals surface area contributed by atoms with Gasteiger partial charge in [0.2, 0.25) is 5.91 Å². The molecule has 1 fully saturated rings. The number of likely N-dealkylation sites (tertiary alicyclic amines) is 1. The first-order valence-electron chi connectivity index (χ1n) is 8.34. The second-order valence-electron chi connectivity index (χ2n) is 6.37. The molecule has 0 radical (unpaired) electrons. The zero-order valence-electron chi connectivity index (χ0n) is 13.4. The first-order chi connectivity index (χ1) is 11.8. The average molecular weight is 324 g/mol. The number of benzene rings is 1. The predicted molar refractivity (Wildman–Crippen MR) is 89.1 cm³/mol. The highest BCUT2D eigenvalue weighted by Gasteiger charge is 2.24. The number of para-hydroxylation sites is 1. The molecule has 1 aliphatic rings. The van der Waals surface area contributed by atoms with E-state index < -0.39 is 0 Å². The molecule has 7 heteroatoms. The van der Waals surface area contributed by atoms with E-state index in [1.54, 1.807) is 10.9 Å². The van der Waals surface area contributed by atoms with Crippen molar-refractivity contribution >= 4 is 16.9 Å². The van der Waals surface area contributed by atoms with Crippen molar-refractivity contribution in [1.29, 1.82) is 0 Å². The molecule has 24 heavy (non-hydrogen) atoms. The van der Waals surface area contributed by atoms with Crippen LogP contribution in [-0.4, -0.2) is 49.1 Å². The fourth-order valence-electron chi connectivity index (χ4n) is 3.43. The van der Waals surface area contributed by atoms with Crippen LogP contribution in [0.15, 0.2) is 36.5 Å². The van der Waals surface area contributed by atoms with E-state index in [-0.39, 0.29) is 12.5 Å². The van der Waals surface area contributed by atoms with E-state index in [1.807, 2.05) is 35.2 Å². The molecule has 1 aliphatic heterocycles. The minimum atomic E-state index is 0.111. The molecule has 0 unspecified atom stereocenters. The lowest BCUT2D eigenvalue weighted by Gasteiger charge is -2.32. The van der Waals surface area contributed by atoms with Gasteiger partial charge in [0, 0.05) is 25.0 Å². The summed E-state index contributed by atoms with van der Waals surface area (Å²) in [7, 11) is 0. The van der Waals surface area contributed by atoms with Gasteiger partial charge in [-0.05, 0) is 43.4 Å². The maximum Gasteiger partial charge on any atom is 0.244 e. The zero-order chi connectivity index (χ0) is 16.4. The van der Waals surface area contributed by atoms with Gasteiger partial charge >= 0.3 is 0 Å². The number of fused-ring (bicyclic) bond motifs is 1. The molecule has 1 saturated heterocycles. The number of aromatic amines is 1. The predicted octanol–water partition coefficient (Wildman–Crippen LogP) is 1.64. The van der Waals surface area contributed by atoms with Crippen molar-refractivity contribution < 1.29 is 4.79 Å². The molecule has 0 saturated carbocycles. The zero-order valence-corrected chi connectivity index (χ0v) is 13.4. The summed E-state index contributed by atoms with van der Waals surface area (Å²) in [5.41, 5.74) is 2.86. The van der Waals surface area contributed by atoms with Gasteiger partial charge in [0.15, 0.2) is 0 Å². The van der Waals surface area contributed by atoms with Crippen LogP contribution in [0.4, 0.5) is 0 Å². The van der Waals surface area contributed by atoms with Gasteiger partial charge in [-0.25, -0.2) is 4.68 Å². The monoisotopic (exact) mass is 324 g/mol. The lowest BCUT2D eigenvalue weighted by atomic mass is 9.93. The van der Waals surface area contributed by atoms with Crippen LogP contribution in [-0.2, 0) is 17.8 Å². The Hall–Kier alpha value is -2.70. The summed E-state index contributed by atoms with van der Waals surface area (Å²) in [6.07, 6.45) is 4.91. The van der Waals surface area contributed by atoms with Gasteiger partial charge in [0.25, 0.3) is 0 Å². The van der Waals surface area contributed by atoms with Crippen LogP contribution in [0.2, 0.25) is 0 Å². The first kappa shape index (κ1) is 14.9. The van der Waals surface area contributed by atoms with E-state index in [4.69, 9.17) is 0 Å². The van der Waals surface area contributed by atoms with Crippen molar-refractivity contribution in [3.05, 3.63) is 42.2 Å². The molecule has 3 heterocycles. The summed E-state index contributed by atoms with van der Waals surface area (Å²) in [6.45, 7) is 1.87. The molecule has 1 N–H and O–H groups in total. The number of carbonyl (C=O) groups excluding carboxylic acids is 1. The SMILES string of the molecule is O=C(Cn1nnc2ccccc21)N1CCC[C@H](Cc2ccn[nH]2)C1. The number of hydrogen-bond donors (Lipinski definition) is 1. The highest BCUT2D eigenvalue weighted by Crippen LogP contribution is 2.20. The van der Waals surface area contributed by atoms with E-state index in [1.165, 1.54) is 0 Å². The number of amides is 1. The maximum atomic E-state index is 12.7. The second-order valence-corrected chi connectivity index (χ2v) is 6.37. The molecule has 0 aliphatic carbocycles. The smallest absolute Gasteiger partial charge is 0.244 e. The average Bonchev–Trinajstić information content (AvgIpc) is 3.25. The largest absolute Gasteiger partial charge is 0.341 e. The fourth-order valence-corrected chi connectivity index (χ4v) is 3.43. The van der Waals surface area contributed by atoms with Crippen LogP contribution in [0.5, 0.6) is 0 Å². The highest BCUT2D eigenvalue weighted by molar-refractivity contribution is 5.79. The van der Waals surface area contributed by atoms with Crippen molar-refractivity contribution in [3.8, 4) is 0 Å². The minimum Gasteiger partial charge on any atom is -0.341 e. The molecule has 3 aromatic rings. The quantitative estimate of drug-likeness (QED) is 0.791. The van der Waals surface area contributed by atoms with Crippen molar-refractivity contribution in [2.75, 3.05) is 13.1 Å². The van der Waals surface area contributed by atoms with E-state index in [0.29, 0.717) is 5.92 Å². The number of aromatic nitrogens is 5. The molecule has 7 nitrogen and oxygen atoms in total. The number of nitrogens with one attached hydrogen (secondary N) is 1. The van der Waals surface area contributed by atoms with Gasteiger partial charge < -0.3 is 4.90 Å². The topological polar surface area (TPSA) is 79.7 Å². The molecular weight excluding hydrogens is 304 g/mol. The van der Waals surface area contributed by atoms with Crippen molar-refractivity contribution in [1.82, 2.24) is 30.1 Å². The highest BCUT2D eigenvalue weighted by atomic mass is 16.2. The first-order valence-corrected chi connectivity index (χ1v) is 8.34. The Morgan fingerprint density at radius 1 is 1.29 bits per heavy atom. The summed E-state index contributed by atoms with van der Waals surface area (Å²) in [4.78, 5) is 14.6. The standard InChI is InChI=1S/C17H20N6O/c24-17(12-23-16-6-2-1-5-15(16)20-21-23)22-9-3-4-13(11-22)10-14-7-8-18-19-14/h1-2,5-8,13H,3-4,9-12H2,(H,18,19)/t13-/m1/s1. The summed E-state index contributed by atoms with van der Waals surface area (Å²) >= 11 is 0. The van der Waals surface area contributed by atoms with Crippen LogP contribution < -0.4 is 0 Å². The number of carbonyl (C=O) groups is 1. The molecule has 1 atom stereocenters. The van der Waals surface area contributed by atoms with E-state index >= 15 is 0 Å². The lowest BCUT2D eigenvalue weighted by molar-refractivity contribution is -0.133. The number of H-pyrrole nitrogens is 1. The third-order valence-corrected chi connectivity index (χ3v) is 4.64. The van der Waals surface area contributed by atoms with Crippen LogP contribution in [0.3, 0.4) is 0 Å². The number of hydrogen-bond acceptors (Lipinski definition) is 4. The third kappa shape index (κ3) is 3.02. The van der Waals surface area contributed by atoms with Crippen LogP contribution >= 0.6 is 0 Å². The van der Waals surface area contributed by atoms with E-state index in [0.717, 1.165) is 49.1 Å². The van der Waals surface area contributed by atoms with E-state index in [9.17, 15) is 4.79 Å². The van der Waals surface area contributed by atoms with Crippen LogP contribution in [0.25, 0.3) is 11.0 Å². The Morgan fingerprint density at radius 2 is 2.21 bits per heavy atom. The van der Waals surface area contributed by atoms with Crippen molar-refractivity contribution in [3.63, 3.8) is 0 Å². The summed E-state index contributed by atoms with van der Waals surface area (Å²) in [5.74, 6) is 0.593. The van der Waals surface area contributed by atoms with Crippen molar-refractivity contribution in [2.45, 2.75) is 25.8 Å². The van der Waals surface area contributed by atoms with Gasteiger partial charge in [0.05, 0.1) is 5.52 Å². The summed E-state index contributed by atoms with van der Waals surface area (Å²) in [5, 5.41) is 15.2. The molecule has 124 valence electrons. The Kier molecular flexibility index (Phi) is 3.98. The molecule has 0 spiro atoms. The summed E-state index contributed by atoms with van der Waals surface area (Å²) < 4.78 is 1.69. The Labute approximate surface area is 139 Å². The maximum absolute atomic E-state index is 12.7. The fraction of sp³-hybridized carbons (Fsp3) is 0.412. The molecule has 0 bridgehead atoms.